The largest absolute Gasteiger partial charge is 0.343 e. The van der Waals surface area contributed by atoms with Gasteiger partial charge >= 0.3 is 6.03 Å². The Morgan fingerprint density at radius 3 is 2.71 bits per heavy atom. The summed E-state index contributed by atoms with van der Waals surface area (Å²) >= 11 is 0. The molecule has 14 heavy (non-hydrogen) atoms. The van der Waals surface area contributed by atoms with Crippen LogP contribution in [0.1, 0.15) is 0 Å². The van der Waals surface area contributed by atoms with Gasteiger partial charge < -0.3 is 11.1 Å². The Morgan fingerprint density at radius 1 is 1.36 bits per heavy atom. The molecule has 0 saturated heterocycles. The fourth-order valence-corrected chi connectivity index (χ4v) is 0.854. The van der Waals surface area contributed by atoms with E-state index in [0.29, 0.717) is 18.8 Å². The van der Waals surface area contributed by atoms with Crippen molar-refractivity contribution in [3.63, 3.8) is 0 Å². The number of hydroxylamine groups is 1. The van der Waals surface area contributed by atoms with Crippen molar-refractivity contribution in [1.82, 2.24) is 5.48 Å². The van der Waals surface area contributed by atoms with Gasteiger partial charge in [0.05, 0.1) is 6.61 Å². The number of nitrogens with one attached hydrogen (secondary N) is 2. The molecule has 1 aromatic carbocycles. The molecule has 5 nitrogen and oxygen atoms in total. The summed E-state index contributed by atoms with van der Waals surface area (Å²) in [6.07, 6.45) is 0. The molecule has 76 valence electrons. The van der Waals surface area contributed by atoms with E-state index >= 15 is 0 Å². The van der Waals surface area contributed by atoms with E-state index in [2.05, 4.69) is 10.8 Å². The van der Waals surface area contributed by atoms with Crippen molar-refractivity contribution in [2.24, 2.45) is 5.73 Å². The number of rotatable bonds is 4. The second kappa shape index (κ2) is 5.95. The van der Waals surface area contributed by atoms with Crippen LogP contribution >= 0.6 is 0 Å². The van der Waals surface area contributed by atoms with Gasteiger partial charge in [-0.2, -0.15) is 0 Å². The van der Waals surface area contributed by atoms with Gasteiger partial charge in [-0.25, -0.2) is 10.3 Å². The van der Waals surface area contributed by atoms with Crippen LogP contribution in [-0.2, 0) is 4.84 Å². The molecule has 0 aliphatic heterocycles. The number of benzene rings is 1. The molecule has 4 N–H and O–H groups in total. The molecule has 5 heteroatoms. The molecule has 0 saturated carbocycles. The van der Waals surface area contributed by atoms with Crippen LogP contribution in [0.15, 0.2) is 30.3 Å². The first-order valence-corrected chi connectivity index (χ1v) is 4.27. The van der Waals surface area contributed by atoms with Crippen LogP contribution in [0.4, 0.5) is 10.5 Å². The lowest BCUT2D eigenvalue weighted by molar-refractivity contribution is 0.0716. The molecule has 0 spiro atoms. The molecule has 1 rings (SSSR count). The second-order valence-corrected chi connectivity index (χ2v) is 2.56. The number of amides is 2. The number of nitrogens with two attached hydrogens (primary N) is 1. The lowest BCUT2D eigenvalue weighted by Gasteiger charge is -2.06. The highest BCUT2D eigenvalue weighted by Gasteiger charge is 1.99. The Kier molecular flexibility index (Phi) is 4.46. The van der Waals surface area contributed by atoms with Crippen LogP contribution in [0.25, 0.3) is 0 Å². The number of hydrogen-bond acceptors (Lipinski definition) is 3. The summed E-state index contributed by atoms with van der Waals surface area (Å²) in [5.74, 6) is 0. The van der Waals surface area contributed by atoms with Gasteiger partial charge in [-0.05, 0) is 12.1 Å². The molecule has 0 aromatic heterocycles. The first kappa shape index (κ1) is 10.5. The topological polar surface area (TPSA) is 76.4 Å². The third-order valence-corrected chi connectivity index (χ3v) is 1.42. The standard InChI is InChI=1S/C9H13N3O2/c10-6-7-14-12-9(13)11-8-4-2-1-3-5-8/h1-5H,6-7,10H2,(H2,11,12,13). The summed E-state index contributed by atoms with van der Waals surface area (Å²) in [5.41, 5.74) is 8.08. The molecule has 0 fully saturated rings. The smallest absolute Gasteiger partial charge is 0.328 e. The van der Waals surface area contributed by atoms with Crippen molar-refractivity contribution >= 4 is 11.7 Å². The molecule has 0 atom stereocenters. The van der Waals surface area contributed by atoms with Gasteiger partial charge in [0, 0.05) is 12.2 Å². The monoisotopic (exact) mass is 195 g/mol. The Balaban J connectivity index is 2.27. The molecule has 0 unspecified atom stereocenters. The van der Waals surface area contributed by atoms with Crippen LogP contribution in [0.2, 0.25) is 0 Å². The van der Waals surface area contributed by atoms with Crippen LogP contribution < -0.4 is 16.5 Å². The van der Waals surface area contributed by atoms with Crippen LogP contribution in [-0.4, -0.2) is 19.2 Å². The van der Waals surface area contributed by atoms with Crippen LogP contribution in [0.5, 0.6) is 0 Å². The quantitative estimate of drug-likeness (QED) is 0.489. The Hall–Kier alpha value is -1.59. The lowest BCUT2D eigenvalue weighted by Crippen LogP contribution is -2.30. The molecule has 0 aliphatic carbocycles. The van der Waals surface area contributed by atoms with Crippen molar-refractivity contribution in [2.45, 2.75) is 0 Å². The summed E-state index contributed by atoms with van der Waals surface area (Å²) in [7, 11) is 0. The van der Waals surface area contributed by atoms with E-state index < -0.39 is 6.03 Å². The minimum Gasteiger partial charge on any atom is -0.328 e. The maximum absolute atomic E-state index is 11.1. The van der Waals surface area contributed by atoms with E-state index in [1.165, 1.54) is 0 Å². The average molecular weight is 195 g/mol. The summed E-state index contributed by atoms with van der Waals surface area (Å²) in [4.78, 5) is 15.8. The van der Waals surface area contributed by atoms with Gasteiger partial charge in [-0.15, -0.1) is 0 Å². The number of carbonyl (C=O) groups excluding carboxylic acids is 1. The predicted octanol–water partition coefficient (Wildman–Crippen LogP) is 0.698. The number of hydrogen-bond donors (Lipinski definition) is 3. The van der Waals surface area contributed by atoms with E-state index in [1.54, 1.807) is 12.1 Å². The van der Waals surface area contributed by atoms with E-state index in [-0.39, 0.29) is 0 Å². The van der Waals surface area contributed by atoms with E-state index in [9.17, 15) is 4.79 Å². The first-order chi connectivity index (χ1) is 6.83. The highest BCUT2D eigenvalue weighted by Crippen LogP contribution is 2.03. The third-order valence-electron chi connectivity index (χ3n) is 1.42. The highest BCUT2D eigenvalue weighted by atomic mass is 16.7. The Labute approximate surface area is 82.2 Å². The van der Waals surface area contributed by atoms with Gasteiger partial charge in [0.15, 0.2) is 0 Å². The van der Waals surface area contributed by atoms with Crippen molar-refractivity contribution in [3.05, 3.63) is 30.3 Å². The zero-order valence-corrected chi connectivity index (χ0v) is 7.69. The third kappa shape index (κ3) is 3.88. The normalized spacial score (nSPS) is 9.50. The minimum absolute atomic E-state index is 0.294. The zero-order chi connectivity index (χ0) is 10.2. The number of urea groups is 1. The zero-order valence-electron chi connectivity index (χ0n) is 7.69. The molecule has 0 radical (unpaired) electrons. The fraction of sp³-hybridized carbons (Fsp3) is 0.222. The van der Waals surface area contributed by atoms with Gasteiger partial charge in [0.1, 0.15) is 0 Å². The molecular formula is C9H13N3O2. The predicted molar refractivity (Wildman–Crippen MR) is 53.6 cm³/mol. The van der Waals surface area contributed by atoms with Gasteiger partial charge in [0.2, 0.25) is 0 Å². The highest BCUT2D eigenvalue weighted by molar-refractivity contribution is 5.88. The minimum atomic E-state index is -0.412. The number of carbonyl (C=O) groups is 1. The number of anilines is 1. The SMILES string of the molecule is NCCONC(=O)Nc1ccccc1. The van der Waals surface area contributed by atoms with Crippen LogP contribution in [0.3, 0.4) is 0 Å². The van der Waals surface area contributed by atoms with Gasteiger partial charge in [-0.1, -0.05) is 18.2 Å². The molecular weight excluding hydrogens is 182 g/mol. The first-order valence-electron chi connectivity index (χ1n) is 4.27. The molecule has 0 heterocycles. The fourth-order valence-electron chi connectivity index (χ4n) is 0.854. The van der Waals surface area contributed by atoms with Crippen LogP contribution in [0, 0.1) is 0 Å². The summed E-state index contributed by atoms with van der Waals surface area (Å²) in [6, 6.07) is 8.68. The van der Waals surface area contributed by atoms with Crippen molar-refractivity contribution in [1.29, 1.82) is 0 Å². The molecule has 1 aromatic rings. The van der Waals surface area contributed by atoms with E-state index in [4.69, 9.17) is 10.6 Å². The average Bonchev–Trinajstić information content (AvgIpc) is 2.20. The van der Waals surface area contributed by atoms with Gasteiger partial charge in [-0.3, -0.25) is 4.84 Å². The summed E-state index contributed by atoms with van der Waals surface area (Å²) in [6.45, 7) is 0.661. The van der Waals surface area contributed by atoms with E-state index in [1.807, 2.05) is 18.2 Å². The van der Waals surface area contributed by atoms with E-state index in [0.717, 1.165) is 0 Å². The van der Waals surface area contributed by atoms with Crippen molar-refractivity contribution < 1.29 is 9.63 Å². The molecule has 0 bridgehead atoms. The van der Waals surface area contributed by atoms with Crippen molar-refractivity contribution in [2.75, 3.05) is 18.5 Å². The lowest BCUT2D eigenvalue weighted by atomic mass is 10.3. The van der Waals surface area contributed by atoms with Crippen molar-refractivity contribution in [3.8, 4) is 0 Å². The summed E-state index contributed by atoms with van der Waals surface area (Å²) in [5, 5.41) is 2.58. The van der Waals surface area contributed by atoms with Gasteiger partial charge in [0.25, 0.3) is 0 Å². The maximum Gasteiger partial charge on any atom is 0.343 e. The Bertz CT molecular complexity index is 277. The Morgan fingerprint density at radius 2 is 2.07 bits per heavy atom. The molecule has 2 amide bonds. The number of para-hydroxylation sites is 1. The summed E-state index contributed by atoms with van der Waals surface area (Å²) < 4.78 is 0. The second-order valence-electron chi connectivity index (χ2n) is 2.56. The molecule has 0 aliphatic rings. The maximum atomic E-state index is 11.1.